The minimum Gasteiger partial charge on any atom is -0.376 e. The van der Waals surface area contributed by atoms with Crippen LogP contribution in [0.5, 0.6) is 0 Å². The van der Waals surface area contributed by atoms with E-state index in [1.54, 1.807) is 23.3 Å². The molecule has 1 aliphatic rings. The van der Waals surface area contributed by atoms with E-state index in [1.807, 2.05) is 16.8 Å². The molecule has 0 aromatic carbocycles. The molecule has 1 unspecified atom stereocenters. The Morgan fingerprint density at radius 2 is 2.59 bits per heavy atom. The number of likely N-dealkylation sites (N-methyl/N-ethyl adjacent to an activating group) is 1. The first-order valence-corrected chi connectivity index (χ1v) is 6.70. The van der Waals surface area contributed by atoms with Crippen molar-refractivity contribution >= 4 is 22.9 Å². The van der Waals surface area contributed by atoms with Crippen LogP contribution in [0.25, 0.3) is 0 Å². The summed E-state index contributed by atoms with van der Waals surface area (Å²) in [5, 5.41) is 3.89. The van der Waals surface area contributed by atoms with Crippen molar-refractivity contribution in [1.29, 1.82) is 0 Å². The van der Waals surface area contributed by atoms with Crippen molar-refractivity contribution in [3.8, 4) is 0 Å². The summed E-state index contributed by atoms with van der Waals surface area (Å²) in [4.78, 5) is 13.4. The molecule has 0 aliphatic carbocycles. The lowest BCUT2D eigenvalue weighted by atomic mass is 10.2. The smallest absolute Gasteiger partial charge is 0.252 e. The number of carbonyl (C=O) groups is 1. The maximum absolute atomic E-state index is 11.8. The fourth-order valence-electron chi connectivity index (χ4n) is 1.74. The molecule has 1 aromatic heterocycles. The number of rotatable bonds is 5. The first-order chi connectivity index (χ1) is 8.27. The van der Waals surface area contributed by atoms with E-state index in [0.29, 0.717) is 6.61 Å². The van der Waals surface area contributed by atoms with E-state index in [0.717, 1.165) is 25.1 Å². The molecule has 5 heteroatoms. The minimum atomic E-state index is -0.0265. The summed E-state index contributed by atoms with van der Waals surface area (Å²) in [6.45, 7) is 1.45. The second kappa shape index (κ2) is 6.14. The average molecular weight is 255 g/mol. The highest BCUT2D eigenvalue weighted by atomic mass is 32.1. The van der Waals surface area contributed by atoms with Crippen molar-refractivity contribution in [2.75, 3.05) is 31.8 Å². The number of ether oxygens (including phenoxy) is 2. The van der Waals surface area contributed by atoms with Crippen LogP contribution in [0.4, 0.5) is 5.69 Å². The van der Waals surface area contributed by atoms with Crippen molar-refractivity contribution in [3.63, 3.8) is 0 Å². The SMILES string of the molecule is CN(C(=O)COCC1CCCO1)c1ccsc1. The summed E-state index contributed by atoms with van der Waals surface area (Å²) >= 11 is 1.57. The van der Waals surface area contributed by atoms with Gasteiger partial charge in [-0.1, -0.05) is 0 Å². The van der Waals surface area contributed by atoms with Crippen molar-refractivity contribution in [3.05, 3.63) is 16.8 Å². The minimum absolute atomic E-state index is 0.0265. The van der Waals surface area contributed by atoms with Gasteiger partial charge in [0.25, 0.3) is 5.91 Å². The van der Waals surface area contributed by atoms with E-state index in [9.17, 15) is 4.79 Å². The van der Waals surface area contributed by atoms with Gasteiger partial charge in [0.1, 0.15) is 6.61 Å². The number of hydrogen-bond acceptors (Lipinski definition) is 4. The quantitative estimate of drug-likeness (QED) is 0.806. The van der Waals surface area contributed by atoms with Crippen molar-refractivity contribution in [2.45, 2.75) is 18.9 Å². The maximum Gasteiger partial charge on any atom is 0.252 e. The lowest BCUT2D eigenvalue weighted by molar-refractivity contribution is -0.123. The highest BCUT2D eigenvalue weighted by molar-refractivity contribution is 7.08. The molecule has 1 fully saturated rings. The monoisotopic (exact) mass is 255 g/mol. The van der Waals surface area contributed by atoms with Crippen LogP contribution >= 0.6 is 11.3 Å². The van der Waals surface area contributed by atoms with Crippen LogP contribution in [0.3, 0.4) is 0 Å². The number of hydrogen-bond donors (Lipinski definition) is 0. The van der Waals surface area contributed by atoms with E-state index in [4.69, 9.17) is 9.47 Å². The number of anilines is 1. The summed E-state index contributed by atoms with van der Waals surface area (Å²) in [5.74, 6) is -0.0265. The van der Waals surface area contributed by atoms with Crippen LogP contribution in [0, 0.1) is 0 Å². The summed E-state index contributed by atoms with van der Waals surface area (Å²) in [7, 11) is 1.76. The van der Waals surface area contributed by atoms with Crippen molar-refractivity contribution < 1.29 is 14.3 Å². The highest BCUT2D eigenvalue weighted by Crippen LogP contribution is 2.16. The van der Waals surface area contributed by atoms with Crippen LogP contribution in [0.2, 0.25) is 0 Å². The molecule has 94 valence electrons. The molecule has 1 aromatic rings. The molecule has 0 bridgehead atoms. The highest BCUT2D eigenvalue weighted by Gasteiger charge is 2.17. The molecule has 2 rings (SSSR count). The Labute approximate surface area is 105 Å². The molecular weight excluding hydrogens is 238 g/mol. The third-order valence-corrected chi connectivity index (χ3v) is 3.49. The predicted octanol–water partition coefficient (Wildman–Crippen LogP) is 1.91. The van der Waals surface area contributed by atoms with Gasteiger partial charge < -0.3 is 14.4 Å². The molecule has 0 N–H and O–H groups in total. The van der Waals surface area contributed by atoms with Gasteiger partial charge in [0.05, 0.1) is 18.4 Å². The van der Waals surface area contributed by atoms with Crippen LogP contribution in [-0.2, 0) is 14.3 Å². The molecule has 1 atom stereocenters. The van der Waals surface area contributed by atoms with E-state index in [1.165, 1.54) is 0 Å². The molecule has 0 saturated carbocycles. The fourth-order valence-corrected chi connectivity index (χ4v) is 2.42. The molecular formula is C12H17NO3S. The number of thiophene rings is 1. The Morgan fingerprint density at radius 1 is 1.71 bits per heavy atom. The molecule has 2 heterocycles. The number of amides is 1. The van der Waals surface area contributed by atoms with E-state index in [2.05, 4.69) is 0 Å². The summed E-state index contributed by atoms with van der Waals surface area (Å²) < 4.78 is 10.8. The summed E-state index contributed by atoms with van der Waals surface area (Å²) in [6, 6.07) is 1.92. The molecule has 1 saturated heterocycles. The first-order valence-electron chi connectivity index (χ1n) is 5.75. The van der Waals surface area contributed by atoms with Gasteiger partial charge in [-0.2, -0.15) is 11.3 Å². The molecule has 0 spiro atoms. The van der Waals surface area contributed by atoms with Gasteiger partial charge in [-0.25, -0.2) is 0 Å². The number of carbonyl (C=O) groups excluding carboxylic acids is 1. The van der Waals surface area contributed by atoms with E-state index in [-0.39, 0.29) is 18.6 Å². The zero-order valence-electron chi connectivity index (χ0n) is 9.93. The van der Waals surface area contributed by atoms with Crippen molar-refractivity contribution in [1.82, 2.24) is 0 Å². The zero-order valence-corrected chi connectivity index (χ0v) is 10.7. The molecule has 4 nitrogen and oxygen atoms in total. The van der Waals surface area contributed by atoms with E-state index >= 15 is 0 Å². The average Bonchev–Trinajstić information content (AvgIpc) is 3.00. The Balaban J connectivity index is 1.69. The van der Waals surface area contributed by atoms with E-state index < -0.39 is 0 Å². The van der Waals surface area contributed by atoms with Crippen LogP contribution in [0.1, 0.15) is 12.8 Å². The van der Waals surface area contributed by atoms with Gasteiger partial charge in [0, 0.05) is 19.0 Å². The van der Waals surface area contributed by atoms with Gasteiger partial charge in [-0.15, -0.1) is 0 Å². The maximum atomic E-state index is 11.8. The molecule has 1 aliphatic heterocycles. The Bertz CT molecular complexity index is 347. The lowest BCUT2D eigenvalue weighted by Crippen LogP contribution is -2.31. The number of nitrogens with zero attached hydrogens (tertiary/aromatic N) is 1. The molecule has 0 radical (unpaired) electrons. The Morgan fingerprint density at radius 3 is 3.24 bits per heavy atom. The van der Waals surface area contributed by atoms with Crippen molar-refractivity contribution in [2.24, 2.45) is 0 Å². The molecule has 1 amide bonds. The Hall–Kier alpha value is -0.910. The van der Waals surface area contributed by atoms with Gasteiger partial charge in [0.2, 0.25) is 0 Å². The van der Waals surface area contributed by atoms with Gasteiger partial charge in [-0.3, -0.25) is 4.79 Å². The first kappa shape index (κ1) is 12.5. The standard InChI is InChI=1S/C12H17NO3S/c1-13(10-4-6-17-9-10)12(14)8-15-7-11-3-2-5-16-11/h4,6,9,11H,2-3,5,7-8H2,1H3. The van der Waals surface area contributed by atoms with Gasteiger partial charge in [-0.05, 0) is 24.3 Å². The fraction of sp³-hybridized carbons (Fsp3) is 0.583. The van der Waals surface area contributed by atoms with Crippen LogP contribution < -0.4 is 4.90 Å². The van der Waals surface area contributed by atoms with Crippen LogP contribution in [-0.4, -0.2) is 38.9 Å². The largest absolute Gasteiger partial charge is 0.376 e. The zero-order chi connectivity index (χ0) is 12.1. The third kappa shape index (κ3) is 3.52. The van der Waals surface area contributed by atoms with Gasteiger partial charge in [0.15, 0.2) is 0 Å². The summed E-state index contributed by atoms with van der Waals surface area (Å²) in [6.07, 6.45) is 2.31. The van der Waals surface area contributed by atoms with Gasteiger partial charge >= 0.3 is 0 Å². The predicted molar refractivity (Wildman–Crippen MR) is 67.5 cm³/mol. The lowest BCUT2D eigenvalue weighted by Gasteiger charge is -2.16. The molecule has 17 heavy (non-hydrogen) atoms. The summed E-state index contributed by atoms with van der Waals surface area (Å²) in [5.41, 5.74) is 0.917. The second-order valence-electron chi connectivity index (χ2n) is 4.08. The Kier molecular flexibility index (Phi) is 4.53. The second-order valence-corrected chi connectivity index (χ2v) is 4.86. The third-order valence-electron chi connectivity index (χ3n) is 2.82. The normalized spacial score (nSPS) is 19.5. The topological polar surface area (TPSA) is 38.8 Å². The van der Waals surface area contributed by atoms with Crippen LogP contribution in [0.15, 0.2) is 16.8 Å².